The summed E-state index contributed by atoms with van der Waals surface area (Å²) in [6, 6.07) is 2.11. The van der Waals surface area contributed by atoms with Crippen LogP contribution in [-0.2, 0) is 21.6 Å². The van der Waals surface area contributed by atoms with Gasteiger partial charge in [0.05, 0.1) is 11.5 Å². The van der Waals surface area contributed by atoms with Crippen LogP contribution in [0.25, 0.3) is 0 Å². The Morgan fingerprint density at radius 3 is 2.44 bits per heavy atom. The van der Waals surface area contributed by atoms with Crippen molar-refractivity contribution in [1.29, 1.82) is 0 Å². The second kappa shape index (κ2) is 7.53. The molecular weight excluding hydrogens is 362 g/mol. The molecule has 27 heavy (non-hydrogen) atoms. The quantitative estimate of drug-likeness (QED) is 0.773. The summed E-state index contributed by atoms with van der Waals surface area (Å²) >= 11 is 1.63. The molecule has 2 amide bonds. The van der Waals surface area contributed by atoms with E-state index in [4.69, 9.17) is 4.74 Å². The minimum atomic E-state index is -0.302. The third kappa shape index (κ3) is 3.52. The van der Waals surface area contributed by atoms with Gasteiger partial charge >= 0.3 is 0 Å². The van der Waals surface area contributed by atoms with Gasteiger partial charge in [-0.15, -0.1) is 11.3 Å². The molecule has 0 atom stereocenters. The van der Waals surface area contributed by atoms with E-state index in [-0.39, 0.29) is 17.4 Å². The lowest BCUT2D eigenvalue weighted by Gasteiger charge is -2.43. The predicted octanol–water partition coefficient (Wildman–Crippen LogP) is 1.94. The molecular formula is C20H29N3O3S. The average molecular weight is 392 g/mol. The summed E-state index contributed by atoms with van der Waals surface area (Å²) in [4.78, 5) is 33.1. The molecule has 4 heterocycles. The van der Waals surface area contributed by atoms with E-state index in [0.29, 0.717) is 6.61 Å². The third-order valence-corrected chi connectivity index (χ3v) is 7.66. The van der Waals surface area contributed by atoms with E-state index in [0.717, 1.165) is 70.0 Å². The van der Waals surface area contributed by atoms with Crippen LogP contribution in [0.5, 0.6) is 0 Å². The number of hydrogen-bond donors (Lipinski definition) is 0. The highest BCUT2D eigenvalue weighted by Crippen LogP contribution is 2.45. The van der Waals surface area contributed by atoms with Gasteiger partial charge < -0.3 is 19.4 Å². The van der Waals surface area contributed by atoms with E-state index in [1.807, 2.05) is 9.80 Å². The number of piperidine rings is 1. The topological polar surface area (TPSA) is 53.1 Å². The van der Waals surface area contributed by atoms with E-state index < -0.39 is 0 Å². The molecule has 0 unspecified atom stereocenters. The normalized spacial score (nSPS) is 22.7. The lowest BCUT2D eigenvalue weighted by atomic mass is 9.85. The van der Waals surface area contributed by atoms with Crippen molar-refractivity contribution in [3.63, 3.8) is 0 Å². The molecule has 7 heteroatoms. The molecule has 2 fully saturated rings. The number of nitrogens with zero attached hydrogens (tertiary/aromatic N) is 3. The highest BCUT2D eigenvalue weighted by Gasteiger charge is 2.43. The van der Waals surface area contributed by atoms with Crippen molar-refractivity contribution in [3.05, 3.63) is 21.4 Å². The first-order valence-corrected chi connectivity index (χ1v) is 10.9. The van der Waals surface area contributed by atoms with Gasteiger partial charge in [0.25, 0.3) is 5.91 Å². The number of amides is 2. The van der Waals surface area contributed by atoms with Crippen LogP contribution < -0.4 is 0 Å². The smallest absolute Gasteiger partial charge is 0.264 e. The zero-order chi connectivity index (χ0) is 19.0. The molecule has 3 aliphatic heterocycles. The number of carbonyl (C=O) groups excluding carboxylic acids is 2. The number of thiophene rings is 1. The largest absolute Gasteiger partial charge is 0.369 e. The molecule has 148 valence electrons. The van der Waals surface area contributed by atoms with Crippen molar-refractivity contribution in [2.45, 2.75) is 38.7 Å². The Labute approximate surface area is 165 Å². The van der Waals surface area contributed by atoms with Crippen molar-refractivity contribution in [3.8, 4) is 0 Å². The van der Waals surface area contributed by atoms with Crippen molar-refractivity contribution >= 4 is 23.2 Å². The fourth-order valence-electron chi connectivity index (χ4n) is 4.50. The zero-order valence-corrected chi connectivity index (χ0v) is 17.1. The molecule has 3 aliphatic rings. The first-order valence-electron chi connectivity index (χ1n) is 10.1. The summed E-state index contributed by atoms with van der Waals surface area (Å²) in [6.07, 6.45) is 2.52. The molecule has 0 bridgehead atoms. The maximum Gasteiger partial charge on any atom is 0.264 e. The molecule has 1 aromatic rings. The molecule has 0 radical (unpaired) electrons. The average Bonchev–Trinajstić information content (AvgIpc) is 3.14. The summed E-state index contributed by atoms with van der Waals surface area (Å²) in [7, 11) is 0. The summed E-state index contributed by atoms with van der Waals surface area (Å²) in [5.74, 6) is 0.302. The highest BCUT2D eigenvalue weighted by molar-refractivity contribution is 7.14. The summed E-state index contributed by atoms with van der Waals surface area (Å²) < 4.78 is 6.27. The number of hydrogen-bond acceptors (Lipinski definition) is 5. The van der Waals surface area contributed by atoms with Crippen LogP contribution >= 0.6 is 11.3 Å². The Kier molecular flexibility index (Phi) is 5.27. The molecule has 1 spiro atoms. The molecule has 0 aliphatic carbocycles. The second-order valence-corrected chi connectivity index (χ2v) is 8.84. The van der Waals surface area contributed by atoms with Crippen LogP contribution in [0.4, 0.5) is 0 Å². The molecule has 2 saturated heterocycles. The predicted molar refractivity (Wildman–Crippen MR) is 105 cm³/mol. The van der Waals surface area contributed by atoms with Gasteiger partial charge in [0.1, 0.15) is 5.60 Å². The van der Waals surface area contributed by atoms with Crippen LogP contribution in [0.3, 0.4) is 0 Å². The zero-order valence-electron chi connectivity index (χ0n) is 16.3. The molecule has 0 aromatic carbocycles. The van der Waals surface area contributed by atoms with E-state index in [1.165, 1.54) is 10.4 Å². The number of likely N-dealkylation sites (tertiary alicyclic amines) is 1. The Balaban J connectivity index is 1.51. The van der Waals surface area contributed by atoms with Gasteiger partial charge in [0, 0.05) is 51.1 Å². The van der Waals surface area contributed by atoms with E-state index in [2.05, 4.69) is 17.9 Å². The fraction of sp³-hybridized carbons (Fsp3) is 0.700. The first kappa shape index (κ1) is 18.9. The third-order valence-electron chi connectivity index (χ3n) is 6.31. The standard InChI is InChI=1S/C20H29N3O3S/c1-3-21-9-11-23(12-10-21)19(25)17-14-16-4-13-26-20(18(16)27-17)5-7-22(8-6-20)15(2)24/h14H,3-13H2,1-2H3. The van der Waals surface area contributed by atoms with Gasteiger partial charge in [-0.2, -0.15) is 0 Å². The van der Waals surface area contributed by atoms with Crippen molar-refractivity contribution < 1.29 is 14.3 Å². The molecule has 1 aromatic heterocycles. The molecule has 4 rings (SSSR count). The van der Waals surface area contributed by atoms with Gasteiger partial charge in [-0.25, -0.2) is 0 Å². The minimum absolute atomic E-state index is 0.133. The maximum atomic E-state index is 13.0. The van der Waals surface area contributed by atoms with Crippen molar-refractivity contribution in [2.75, 3.05) is 52.4 Å². The Bertz CT molecular complexity index is 716. The highest BCUT2D eigenvalue weighted by atomic mass is 32.1. The van der Waals surface area contributed by atoms with Crippen LogP contribution in [0.15, 0.2) is 6.07 Å². The van der Waals surface area contributed by atoms with Gasteiger partial charge in [-0.05, 0) is 37.4 Å². The van der Waals surface area contributed by atoms with Gasteiger partial charge in [-0.1, -0.05) is 6.92 Å². The number of rotatable bonds is 2. The second-order valence-electron chi connectivity index (χ2n) is 7.79. The Morgan fingerprint density at radius 1 is 1.11 bits per heavy atom. The maximum absolute atomic E-state index is 13.0. The summed E-state index contributed by atoms with van der Waals surface area (Å²) in [6.45, 7) is 10.5. The summed E-state index contributed by atoms with van der Waals surface area (Å²) in [5.41, 5.74) is 0.974. The number of likely N-dealkylation sites (N-methyl/N-ethyl adjacent to an activating group) is 1. The molecule has 0 saturated carbocycles. The van der Waals surface area contributed by atoms with Crippen molar-refractivity contribution in [2.24, 2.45) is 0 Å². The van der Waals surface area contributed by atoms with E-state index in [9.17, 15) is 9.59 Å². The van der Waals surface area contributed by atoms with E-state index >= 15 is 0 Å². The van der Waals surface area contributed by atoms with Crippen molar-refractivity contribution in [1.82, 2.24) is 14.7 Å². The van der Waals surface area contributed by atoms with E-state index in [1.54, 1.807) is 18.3 Å². The lowest BCUT2D eigenvalue weighted by molar-refractivity contribution is -0.138. The first-order chi connectivity index (χ1) is 13.0. The van der Waals surface area contributed by atoms with Crippen LogP contribution in [0.2, 0.25) is 0 Å². The number of carbonyl (C=O) groups is 2. The fourth-order valence-corrected chi connectivity index (χ4v) is 5.88. The Morgan fingerprint density at radius 2 is 1.81 bits per heavy atom. The van der Waals surface area contributed by atoms with Gasteiger partial charge in [0.2, 0.25) is 5.91 Å². The summed E-state index contributed by atoms with van der Waals surface area (Å²) in [5, 5.41) is 0. The van der Waals surface area contributed by atoms with Crippen LogP contribution in [0, 0.1) is 0 Å². The minimum Gasteiger partial charge on any atom is -0.369 e. The lowest BCUT2D eigenvalue weighted by Crippen LogP contribution is -2.48. The monoisotopic (exact) mass is 391 g/mol. The van der Waals surface area contributed by atoms with Gasteiger partial charge in [-0.3, -0.25) is 9.59 Å². The SMILES string of the molecule is CCN1CCN(C(=O)c2cc3c(s2)C2(CCN(C(C)=O)CC2)OCC3)CC1. The molecule has 0 N–H and O–H groups in total. The number of piperazine rings is 1. The van der Waals surface area contributed by atoms with Gasteiger partial charge in [0.15, 0.2) is 0 Å². The number of ether oxygens (including phenoxy) is 1. The Hall–Kier alpha value is -1.44. The van der Waals surface area contributed by atoms with Crippen LogP contribution in [0.1, 0.15) is 46.8 Å². The van der Waals surface area contributed by atoms with Crippen LogP contribution in [-0.4, -0.2) is 78.9 Å². The number of fused-ring (bicyclic) bond motifs is 2. The molecule has 6 nitrogen and oxygen atoms in total.